The number of aromatic nitrogens is 2. The van der Waals surface area contributed by atoms with Crippen molar-refractivity contribution in [2.24, 2.45) is 0 Å². The third-order valence-electron chi connectivity index (χ3n) is 3.35. The van der Waals surface area contributed by atoms with Crippen LogP contribution in [-0.2, 0) is 0 Å². The van der Waals surface area contributed by atoms with Crippen molar-refractivity contribution in [3.8, 4) is 0 Å². The molecule has 1 saturated heterocycles. The second kappa shape index (κ2) is 5.10. The van der Waals surface area contributed by atoms with Gasteiger partial charge in [0.15, 0.2) is 0 Å². The summed E-state index contributed by atoms with van der Waals surface area (Å²) < 4.78 is 0. The van der Waals surface area contributed by atoms with Gasteiger partial charge in [0.2, 0.25) is 0 Å². The summed E-state index contributed by atoms with van der Waals surface area (Å²) in [6.07, 6.45) is 0.579. The zero-order valence-electron chi connectivity index (χ0n) is 11.6. The maximum absolute atomic E-state index is 9.66. The van der Waals surface area contributed by atoms with Crippen molar-refractivity contribution in [2.75, 3.05) is 30.4 Å². The SMILES string of the molecule is CNc1nc(C(C)C)nc(N2CCC(O)C2)c1C. The molecule has 100 valence electrons. The lowest BCUT2D eigenvalue weighted by molar-refractivity contribution is 0.198. The monoisotopic (exact) mass is 250 g/mol. The highest BCUT2D eigenvalue weighted by molar-refractivity contribution is 5.59. The molecule has 5 nitrogen and oxygen atoms in total. The lowest BCUT2D eigenvalue weighted by atomic mass is 10.2. The van der Waals surface area contributed by atoms with Gasteiger partial charge < -0.3 is 15.3 Å². The van der Waals surface area contributed by atoms with Gasteiger partial charge >= 0.3 is 0 Å². The van der Waals surface area contributed by atoms with E-state index in [1.54, 1.807) is 0 Å². The molecule has 2 heterocycles. The molecular formula is C13H22N4O. The van der Waals surface area contributed by atoms with E-state index in [4.69, 9.17) is 0 Å². The van der Waals surface area contributed by atoms with Gasteiger partial charge in [0, 0.05) is 31.6 Å². The fourth-order valence-electron chi connectivity index (χ4n) is 2.27. The normalized spacial score (nSPS) is 19.7. The molecule has 0 amide bonds. The standard InChI is InChI=1S/C13H22N4O/c1-8(2)11-15-12(14-4)9(3)13(16-11)17-6-5-10(18)7-17/h8,10,18H,5-7H2,1-4H3,(H,14,15,16). The van der Waals surface area contributed by atoms with E-state index in [9.17, 15) is 5.11 Å². The van der Waals surface area contributed by atoms with E-state index in [0.717, 1.165) is 36.0 Å². The molecule has 0 bridgehead atoms. The average Bonchev–Trinajstić information content (AvgIpc) is 2.75. The molecule has 1 atom stereocenters. The van der Waals surface area contributed by atoms with E-state index in [1.165, 1.54) is 0 Å². The minimum atomic E-state index is -0.236. The minimum absolute atomic E-state index is 0.236. The molecule has 0 radical (unpaired) electrons. The summed E-state index contributed by atoms with van der Waals surface area (Å²) in [7, 11) is 1.88. The zero-order valence-corrected chi connectivity index (χ0v) is 11.6. The first-order chi connectivity index (χ1) is 8.52. The molecule has 18 heavy (non-hydrogen) atoms. The third kappa shape index (κ3) is 2.41. The first kappa shape index (κ1) is 13.1. The Morgan fingerprint density at radius 3 is 2.61 bits per heavy atom. The second-order valence-corrected chi connectivity index (χ2v) is 5.17. The van der Waals surface area contributed by atoms with E-state index in [1.807, 2.05) is 14.0 Å². The summed E-state index contributed by atoms with van der Waals surface area (Å²) in [6.45, 7) is 7.73. The van der Waals surface area contributed by atoms with Gasteiger partial charge in [-0.25, -0.2) is 9.97 Å². The second-order valence-electron chi connectivity index (χ2n) is 5.17. The predicted molar refractivity (Wildman–Crippen MR) is 73.2 cm³/mol. The van der Waals surface area contributed by atoms with Gasteiger partial charge in [-0.3, -0.25) is 0 Å². The van der Waals surface area contributed by atoms with Crippen LogP contribution >= 0.6 is 0 Å². The maximum Gasteiger partial charge on any atom is 0.137 e. The Morgan fingerprint density at radius 1 is 1.39 bits per heavy atom. The highest BCUT2D eigenvalue weighted by atomic mass is 16.3. The van der Waals surface area contributed by atoms with Crippen LogP contribution in [0.2, 0.25) is 0 Å². The van der Waals surface area contributed by atoms with E-state index < -0.39 is 0 Å². The number of nitrogens with zero attached hydrogens (tertiary/aromatic N) is 3. The predicted octanol–water partition coefficient (Wildman–Crippen LogP) is 1.52. The molecule has 0 aromatic carbocycles. The van der Waals surface area contributed by atoms with Gasteiger partial charge in [-0.2, -0.15) is 0 Å². The molecule has 0 spiro atoms. The number of nitrogens with one attached hydrogen (secondary N) is 1. The number of β-amino-alcohol motifs (C(OH)–C–C–N with tert-alkyl or cyclic N) is 1. The van der Waals surface area contributed by atoms with Crippen molar-refractivity contribution in [1.82, 2.24) is 9.97 Å². The number of aliphatic hydroxyl groups is 1. The van der Waals surface area contributed by atoms with Crippen LogP contribution in [0.4, 0.5) is 11.6 Å². The maximum atomic E-state index is 9.66. The van der Waals surface area contributed by atoms with Crippen LogP contribution in [0.25, 0.3) is 0 Å². The Balaban J connectivity index is 2.41. The van der Waals surface area contributed by atoms with Crippen LogP contribution in [0.1, 0.15) is 37.6 Å². The summed E-state index contributed by atoms with van der Waals surface area (Å²) >= 11 is 0. The Hall–Kier alpha value is -1.36. The smallest absolute Gasteiger partial charge is 0.137 e. The van der Waals surface area contributed by atoms with Crippen molar-refractivity contribution in [3.05, 3.63) is 11.4 Å². The Morgan fingerprint density at radius 2 is 2.11 bits per heavy atom. The molecule has 1 aromatic rings. The Labute approximate surface area is 108 Å². The number of anilines is 2. The molecule has 0 aliphatic carbocycles. The summed E-state index contributed by atoms with van der Waals surface area (Å²) in [4.78, 5) is 11.3. The summed E-state index contributed by atoms with van der Waals surface area (Å²) in [5.74, 6) is 2.98. The highest BCUT2D eigenvalue weighted by Crippen LogP contribution is 2.28. The fraction of sp³-hybridized carbons (Fsp3) is 0.692. The molecule has 1 fully saturated rings. The summed E-state index contributed by atoms with van der Waals surface area (Å²) in [6, 6.07) is 0. The minimum Gasteiger partial charge on any atom is -0.391 e. The van der Waals surface area contributed by atoms with Crippen molar-refractivity contribution >= 4 is 11.6 Å². The van der Waals surface area contributed by atoms with Crippen LogP contribution in [-0.4, -0.2) is 41.3 Å². The topological polar surface area (TPSA) is 61.3 Å². The Kier molecular flexibility index (Phi) is 3.71. The molecule has 2 N–H and O–H groups in total. The first-order valence-electron chi connectivity index (χ1n) is 6.52. The average molecular weight is 250 g/mol. The summed E-state index contributed by atoms with van der Waals surface area (Å²) in [5.41, 5.74) is 1.05. The van der Waals surface area contributed by atoms with E-state index >= 15 is 0 Å². The van der Waals surface area contributed by atoms with Crippen molar-refractivity contribution in [3.63, 3.8) is 0 Å². The van der Waals surface area contributed by atoms with Gasteiger partial charge in [-0.1, -0.05) is 13.8 Å². The fourth-order valence-corrected chi connectivity index (χ4v) is 2.27. The molecule has 2 rings (SSSR count). The number of hydrogen-bond acceptors (Lipinski definition) is 5. The zero-order chi connectivity index (χ0) is 13.3. The van der Waals surface area contributed by atoms with Crippen LogP contribution in [0.15, 0.2) is 0 Å². The lowest BCUT2D eigenvalue weighted by Gasteiger charge is -2.22. The number of hydrogen-bond donors (Lipinski definition) is 2. The molecule has 0 saturated carbocycles. The van der Waals surface area contributed by atoms with Crippen LogP contribution in [0.3, 0.4) is 0 Å². The first-order valence-corrected chi connectivity index (χ1v) is 6.52. The Bertz CT molecular complexity index is 433. The lowest BCUT2D eigenvalue weighted by Crippen LogP contribution is -2.24. The quantitative estimate of drug-likeness (QED) is 0.851. The molecule has 5 heteroatoms. The van der Waals surface area contributed by atoms with E-state index in [0.29, 0.717) is 12.5 Å². The van der Waals surface area contributed by atoms with Crippen molar-refractivity contribution < 1.29 is 5.11 Å². The highest BCUT2D eigenvalue weighted by Gasteiger charge is 2.24. The molecule has 1 aliphatic heterocycles. The van der Waals surface area contributed by atoms with Gasteiger partial charge in [-0.15, -0.1) is 0 Å². The largest absolute Gasteiger partial charge is 0.391 e. The van der Waals surface area contributed by atoms with E-state index in [2.05, 4.69) is 34.0 Å². The van der Waals surface area contributed by atoms with Gasteiger partial charge in [0.1, 0.15) is 17.5 Å². The van der Waals surface area contributed by atoms with E-state index in [-0.39, 0.29) is 6.10 Å². The third-order valence-corrected chi connectivity index (χ3v) is 3.35. The number of aliphatic hydroxyl groups excluding tert-OH is 1. The summed E-state index contributed by atoms with van der Waals surface area (Å²) in [5, 5.41) is 12.8. The van der Waals surface area contributed by atoms with Gasteiger partial charge in [-0.05, 0) is 13.3 Å². The van der Waals surface area contributed by atoms with Crippen LogP contribution in [0.5, 0.6) is 0 Å². The van der Waals surface area contributed by atoms with Crippen molar-refractivity contribution in [2.45, 2.75) is 39.2 Å². The molecule has 1 aromatic heterocycles. The van der Waals surface area contributed by atoms with Crippen LogP contribution in [0, 0.1) is 6.92 Å². The molecule has 1 aliphatic rings. The van der Waals surface area contributed by atoms with Crippen LogP contribution < -0.4 is 10.2 Å². The molecular weight excluding hydrogens is 228 g/mol. The van der Waals surface area contributed by atoms with Crippen molar-refractivity contribution in [1.29, 1.82) is 0 Å². The van der Waals surface area contributed by atoms with Gasteiger partial charge in [0.05, 0.1) is 6.10 Å². The van der Waals surface area contributed by atoms with Gasteiger partial charge in [0.25, 0.3) is 0 Å². The molecule has 1 unspecified atom stereocenters. The number of rotatable bonds is 3.